The molecule has 0 atom stereocenters. The molecule has 0 unspecified atom stereocenters. The van der Waals surface area contributed by atoms with Crippen molar-refractivity contribution in [2.45, 2.75) is 26.1 Å². The SMILES string of the molecule is CS(=O)(=O)N(Cc1ccccc1)c1cc(CCN(CCOc2ccc3c(c2)[nH]c2ccccc23)Cc2ccccc2)ccc1OCc1ccccc1. The summed E-state index contributed by atoms with van der Waals surface area (Å²) in [6.45, 7) is 3.28. The minimum atomic E-state index is -3.65. The third kappa shape index (κ3) is 8.83. The molecule has 0 saturated heterocycles. The second kappa shape index (κ2) is 16.2. The molecule has 0 radical (unpaired) electrons. The molecular formula is C44H43N3O4S. The van der Waals surface area contributed by atoms with Crippen molar-refractivity contribution < 1.29 is 17.9 Å². The van der Waals surface area contributed by atoms with Gasteiger partial charge >= 0.3 is 0 Å². The Labute approximate surface area is 306 Å². The lowest BCUT2D eigenvalue weighted by atomic mass is 10.1. The van der Waals surface area contributed by atoms with Gasteiger partial charge in [0, 0.05) is 42.0 Å². The predicted molar refractivity (Wildman–Crippen MR) is 211 cm³/mol. The maximum absolute atomic E-state index is 13.3. The highest BCUT2D eigenvalue weighted by Gasteiger charge is 2.23. The summed E-state index contributed by atoms with van der Waals surface area (Å²) in [7, 11) is -3.65. The van der Waals surface area contributed by atoms with E-state index in [4.69, 9.17) is 9.47 Å². The van der Waals surface area contributed by atoms with E-state index < -0.39 is 10.0 Å². The number of hydrogen-bond donors (Lipinski definition) is 1. The first-order valence-corrected chi connectivity index (χ1v) is 19.4. The number of ether oxygens (including phenoxy) is 2. The molecular weight excluding hydrogens is 667 g/mol. The smallest absolute Gasteiger partial charge is 0.232 e. The first kappa shape index (κ1) is 34.9. The number of aromatic amines is 1. The molecule has 1 aromatic heterocycles. The van der Waals surface area contributed by atoms with E-state index in [0.29, 0.717) is 37.6 Å². The Hall–Kier alpha value is -5.57. The topological polar surface area (TPSA) is 74.9 Å². The Morgan fingerprint density at radius 2 is 1.21 bits per heavy atom. The second-order valence-electron chi connectivity index (χ2n) is 13.1. The lowest BCUT2D eigenvalue weighted by Gasteiger charge is -2.26. The number of fused-ring (bicyclic) bond motifs is 3. The predicted octanol–water partition coefficient (Wildman–Crippen LogP) is 8.99. The van der Waals surface area contributed by atoms with E-state index in [0.717, 1.165) is 46.6 Å². The molecule has 7 aromatic rings. The number of anilines is 1. The van der Waals surface area contributed by atoms with Gasteiger partial charge in [-0.25, -0.2) is 8.42 Å². The van der Waals surface area contributed by atoms with Crippen molar-refractivity contribution in [3.63, 3.8) is 0 Å². The standard InChI is InChI=1S/C44H43N3O4S/c1-52(48,49)47(32-36-15-7-3-8-16-36)43-29-34(21-24-44(43)51-33-37-17-9-4-10-18-37)25-26-46(31-35-13-5-2-6-14-35)27-28-50-38-22-23-40-39-19-11-12-20-41(39)45-42(40)30-38/h2-24,29-30,45H,25-28,31-33H2,1H3. The molecule has 7 rings (SSSR count). The summed E-state index contributed by atoms with van der Waals surface area (Å²) in [5.41, 5.74) is 6.84. The zero-order valence-electron chi connectivity index (χ0n) is 29.3. The number of rotatable bonds is 16. The molecule has 0 saturated carbocycles. The van der Waals surface area contributed by atoms with Crippen LogP contribution in [0.3, 0.4) is 0 Å². The average molecular weight is 710 g/mol. The molecule has 7 nitrogen and oxygen atoms in total. The van der Waals surface area contributed by atoms with Gasteiger partial charge in [0.2, 0.25) is 10.0 Å². The molecule has 0 bridgehead atoms. The van der Waals surface area contributed by atoms with Crippen LogP contribution in [-0.2, 0) is 36.1 Å². The van der Waals surface area contributed by atoms with Gasteiger partial charge in [-0.15, -0.1) is 0 Å². The maximum Gasteiger partial charge on any atom is 0.232 e. The number of nitrogens with one attached hydrogen (secondary N) is 1. The second-order valence-corrected chi connectivity index (χ2v) is 15.0. The van der Waals surface area contributed by atoms with Gasteiger partial charge < -0.3 is 14.5 Å². The number of H-pyrrole nitrogens is 1. The molecule has 0 aliphatic heterocycles. The van der Waals surface area contributed by atoms with Crippen LogP contribution in [0.1, 0.15) is 22.3 Å². The van der Waals surface area contributed by atoms with E-state index in [1.165, 1.54) is 26.9 Å². The third-order valence-electron chi connectivity index (χ3n) is 9.22. The molecule has 52 heavy (non-hydrogen) atoms. The van der Waals surface area contributed by atoms with Crippen LogP contribution >= 0.6 is 0 Å². The summed E-state index contributed by atoms with van der Waals surface area (Å²) in [6, 6.07) is 50.4. The van der Waals surface area contributed by atoms with Crippen molar-refractivity contribution in [3.05, 3.63) is 174 Å². The van der Waals surface area contributed by atoms with Crippen LogP contribution in [0.5, 0.6) is 11.5 Å². The van der Waals surface area contributed by atoms with Crippen LogP contribution in [0, 0.1) is 0 Å². The van der Waals surface area contributed by atoms with Gasteiger partial charge in [-0.1, -0.05) is 115 Å². The monoisotopic (exact) mass is 709 g/mol. The lowest BCUT2D eigenvalue weighted by molar-refractivity contribution is 0.204. The first-order valence-electron chi connectivity index (χ1n) is 17.6. The number of aromatic nitrogens is 1. The molecule has 6 aromatic carbocycles. The van der Waals surface area contributed by atoms with Crippen LogP contribution < -0.4 is 13.8 Å². The zero-order valence-corrected chi connectivity index (χ0v) is 30.1. The molecule has 0 spiro atoms. The van der Waals surface area contributed by atoms with Crippen molar-refractivity contribution in [2.75, 3.05) is 30.3 Å². The lowest BCUT2D eigenvalue weighted by Crippen LogP contribution is -2.31. The molecule has 8 heteroatoms. The van der Waals surface area contributed by atoms with Crippen LogP contribution in [-0.4, -0.2) is 44.3 Å². The summed E-state index contributed by atoms with van der Waals surface area (Å²) in [5.74, 6) is 1.35. The third-order valence-corrected chi connectivity index (χ3v) is 10.3. The Kier molecular flexibility index (Phi) is 10.9. The van der Waals surface area contributed by atoms with Crippen molar-refractivity contribution in [1.29, 1.82) is 0 Å². The molecule has 1 N–H and O–H groups in total. The van der Waals surface area contributed by atoms with Crippen molar-refractivity contribution >= 4 is 37.5 Å². The van der Waals surface area contributed by atoms with Gasteiger partial charge in [-0.05, 0) is 59.0 Å². The molecule has 264 valence electrons. The van der Waals surface area contributed by atoms with Gasteiger partial charge in [-0.3, -0.25) is 9.21 Å². The van der Waals surface area contributed by atoms with Crippen molar-refractivity contribution in [2.24, 2.45) is 0 Å². The Morgan fingerprint density at radius 1 is 0.577 bits per heavy atom. The minimum absolute atomic E-state index is 0.201. The van der Waals surface area contributed by atoms with Crippen molar-refractivity contribution in [3.8, 4) is 11.5 Å². The molecule has 0 amide bonds. The molecule has 0 aliphatic rings. The number of benzene rings is 6. The van der Waals surface area contributed by atoms with Gasteiger partial charge in [0.1, 0.15) is 24.7 Å². The number of para-hydroxylation sites is 1. The largest absolute Gasteiger partial charge is 0.492 e. The van der Waals surface area contributed by atoms with Crippen LogP contribution in [0.25, 0.3) is 21.8 Å². The van der Waals surface area contributed by atoms with Crippen LogP contribution in [0.2, 0.25) is 0 Å². The number of hydrogen-bond acceptors (Lipinski definition) is 5. The van der Waals surface area contributed by atoms with E-state index in [2.05, 4.69) is 64.5 Å². The summed E-state index contributed by atoms with van der Waals surface area (Å²) in [6.07, 6.45) is 1.96. The Bertz CT molecular complexity index is 2330. The number of sulfonamides is 1. The average Bonchev–Trinajstić information content (AvgIpc) is 3.54. The number of nitrogens with zero attached hydrogens (tertiary/aromatic N) is 2. The summed E-state index contributed by atoms with van der Waals surface area (Å²) >= 11 is 0. The minimum Gasteiger partial charge on any atom is -0.492 e. The Balaban J connectivity index is 1.10. The fourth-order valence-corrected chi connectivity index (χ4v) is 7.40. The van der Waals surface area contributed by atoms with Gasteiger partial charge in [0.05, 0.1) is 24.0 Å². The molecule has 0 aliphatic carbocycles. The highest BCUT2D eigenvalue weighted by molar-refractivity contribution is 7.92. The summed E-state index contributed by atoms with van der Waals surface area (Å²) in [5, 5.41) is 2.39. The maximum atomic E-state index is 13.3. The fraction of sp³-hybridized carbons (Fsp3) is 0.182. The van der Waals surface area contributed by atoms with E-state index in [-0.39, 0.29) is 6.54 Å². The van der Waals surface area contributed by atoms with Crippen molar-refractivity contribution in [1.82, 2.24) is 9.88 Å². The first-order chi connectivity index (χ1) is 25.4. The molecule has 1 heterocycles. The Morgan fingerprint density at radius 3 is 1.92 bits per heavy atom. The van der Waals surface area contributed by atoms with E-state index in [9.17, 15) is 8.42 Å². The van der Waals surface area contributed by atoms with E-state index in [1.807, 2.05) is 97.1 Å². The van der Waals surface area contributed by atoms with Crippen LogP contribution in [0.4, 0.5) is 5.69 Å². The quantitative estimate of drug-likeness (QED) is 0.108. The highest BCUT2D eigenvalue weighted by atomic mass is 32.2. The summed E-state index contributed by atoms with van der Waals surface area (Å²) in [4.78, 5) is 5.89. The highest BCUT2D eigenvalue weighted by Crippen LogP contribution is 2.34. The normalized spacial score (nSPS) is 11.7. The summed E-state index contributed by atoms with van der Waals surface area (Å²) < 4.78 is 40.7. The zero-order chi connectivity index (χ0) is 35.8. The van der Waals surface area contributed by atoms with Gasteiger partial charge in [0.15, 0.2) is 0 Å². The molecule has 0 fully saturated rings. The van der Waals surface area contributed by atoms with Crippen LogP contribution in [0.15, 0.2) is 152 Å². The van der Waals surface area contributed by atoms with E-state index >= 15 is 0 Å². The van der Waals surface area contributed by atoms with E-state index in [1.54, 1.807) is 0 Å². The fourth-order valence-electron chi connectivity index (χ4n) is 6.52. The van der Waals surface area contributed by atoms with Gasteiger partial charge in [0.25, 0.3) is 0 Å². The van der Waals surface area contributed by atoms with Gasteiger partial charge in [-0.2, -0.15) is 0 Å².